The minimum atomic E-state index is 0.413. The number of nitrogens with one attached hydrogen (secondary N) is 1. The van der Waals surface area contributed by atoms with Crippen LogP contribution in [-0.4, -0.2) is 24.1 Å². The van der Waals surface area contributed by atoms with Crippen LogP contribution >= 0.6 is 0 Å². The van der Waals surface area contributed by atoms with Crippen molar-refractivity contribution in [1.29, 1.82) is 0 Å². The summed E-state index contributed by atoms with van der Waals surface area (Å²) in [6, 6.07) is 5.64. The molecule has 1 aromatic rings. The van der Waals surface area contributed by atoms with Crippen molar-refractivity contribution < 1.29 is 0 Å². The zero-order valence-corrected chi connectivity index (χ0v) is 13.5. The molecule has 1 N–H and O–H groups in total. The molecule has 2 fully saturated rings. The van der Waals surface area contributed by atoms with Gasteiger partial charge in [0.05, 0.1) is 0 Å². The smallest absolute Gasteiger partial charge is 0.129 e. The predicted molar refractivity (Wildman–Crippen MR) is 88.7 cm³/mol. The van der Waals surface area contributed by atoms with Crippen LogP contribution in [0.5, 0.6) is 0 Å². The lowest BCUT2D eigenvalue weighted by atomic mass is 9.92. The highest BCUT2D eigenvalue weighted by atomic mass is 15.2. The maximum atomic E-state index is 4.68. The third kappa shape index (κ3) is 3.23. The molecule has 0 spiro atoms. The van der Waals surface area contributed by atoms with Gasteiger partial charge in [-0.2, -0.15) is 0 Å². The topological polar surface area (TPSA) is 28.2 Å². The number of aromatic nitrogens is 1. The van der Waals surface area contributed by atoms with Crippen molar-refractivity contribution in [1.82, 2.24) is 10.3 Å². The van der Waals surface area contributed by atoms with Crippen molar-refractivity contribution >= 4 is 5.82 Å². The second-order valence-electron chi connectivity index (χ2n) is 6.72. The molecule has 1 aromatic heterocycles. The molecule has 2 heterocycles. The van der Waals surface area contributed by atoms with Crippen LogP contribution in [0, 0.1) is 5.92 Å². The molecular weight excluding hydrogens is 258 g/mol. The van der Waals surface area contributed by atoms with Crippen molar-refractivity contribution in [3.63, 3.8) is 0 Å². The Morgan fingerprint density at radius 3 is 3.05 bits per heavy atom. The van der Waals surface area contributed by atoms with Crippen LogP contribution in [0.4, 0.5) is 5.82 Å². The Morgan fingerprint density at radius 1 is 1.33 bits per heavy atom. The van der Waals surface area contributed by atoms with Crippen LogP contribution in [0.2, 0.25) is 0 Å². The van der Waals surface area contributed by atoms with E-state index in [9.17, 15) is 0 Å². The molecule has 3 heteroatoms. The Bertz CT molecular complexity index is 460. The average molecular weight is 287 g/mol. The van der Waals surface area contributed by atoms with Gasteiger partial charge in [-0.15, -0.1) is 0 Å². The van der Waals surface area contributed by atoms with Gasteiger partial charge in [0, 0.05) is 24.8 Å². The predicted octanol–water partition coefficient (Wildman–Crippen LogP) is 3.91. The maximum Gasteiger partial charge on any atom is 0.129 e. The van der Waals surface area contributed by atoms with Gasteiger partial charge in [0.2, 0.25) is 0 Å². The third-order valence-electron chi connectivity index (χ3n) is 5.26. The Labute approximate surface area is 129 Å². The second-order valence-corrected chi connectivity index (χ2v) is 6.72. The highest BCUT2D eigenvalue weighted by Crippen LogP contribution is 2.38. The molecule has 0 radical (unpaired) electrons. The Morgan fingerprint density at radius 2 is 2.19 bits per heavy atom. The highest BCUT2D eigenvalue weighted by Gasteiger charge is 2.35. The first-order valence-corrected chi connectivity index (χ1v) is 8.75. The van der Waals surface area contributed by atoms with Gasteiger partial charge in [0.25, 0.3) is 0 Å². The van der Waals surface area contributed by atoms with Crippen molar-refractivity contribution in [2.45, 2.75) is 64.5 Å². The first kappa shape index (κ1) is 14.8. The van der Waals surface area contributed by atoms with Gasteiger partial charge in [-0.25, -0.2) is 4.98 Å². The molecule has 3 rings (SSSR count). The molecule has 1 saturated carbocycles. The van der Waals surface area contributed by atoms with Gasteiger partial charge in [0.15, 0.2) is 0 Å². The van der Waals surface area contributed by atoms with Gasteiger partial charge >= 0.3 is 0 Å². The van der Waals surface area contributed by atoms with Gasteiger partial charge in [-0.05, 0) is 69.2 Å². The quantitative estimate of drug-likeness (QED) is 0.890. The van der Waals surface area contributed by atoms with Gasteiger partial charge < -0.3 is 10.2 Å². The lowest BCUT2D eigenvalue weighted by Crippen LogP contribution is -2.43. The molecule has 21 heavy (non-hydrogen) atoms. The number of nitrogens with zero attached hydrogens (tertiary/aromatic N) is 2. The molecule has 0 bridgehead atoms. The van der Waals surface area contributed by atoms with Crippen LogP contribution in [0.25, 0.3) is 0 Å². The maximum absolute atomic E-state index is 4.68. The number of fused-ring (bicyclic) bond motifs is 1. The monoisotopic (exact) mass is 287 g/mol. The molecule has 3 nitrogen and oxygen atoms in total. The number of hydrogen-bond acceptors (Lipinski definition) is 3. The summed E-state index contributed by atoms with van der Waals surface area (Å²) in [5.74, 6) is 2.12. The van der Waals surface area contributed by atoms with Crippen LogP contribution in [0.15, 0.2) is 18.3 Å². The second kappa shape index (κ2) is 6.78. The normalized spacial score (nSPS) is 26.7. The lowest BCUT2D eigenvalue weighted by molar-refractivity contribution is 0.360. The number of pyridine rings is 1. The zero-order valence-electron chi connectivity index (χ0n) is 13.5. The minimum absolute atomic E-state index is 0.413. The Balaban J connectivity index is 1.75. The molecule has 0 aromatic carbocycles. The van der Waals surface area contributed by atoms with Crippen LogP contribution in [-0.2, 0) is 0 Å². The van der Waals surface area contributed by atoms with E-state index in [0.29, 0.717) is 6.04 Å². The molecular formula is C18H29N3. The van der Waals surface area contributed by atoms with Gasteiger partial charge in [-0.1, -0.05) is 13.3 Å². The summed E-state index contributed by atoms with van der Waals surface area (Å²) < 4.78 is 0. The van der Waals surface area contributed by atoms with E-state index >= 15 is 0 Å². The standard InChI is InChI=1S/C18H29N3/c1-3-10-19-14(2)16-9-11-20-18(13-16)21-12-5-7-15-6-4-8-17(15)21/h9,11,13-15,17,19H,3-8,10,12H2,1-2H3. The van der Waals surface area contributed by atoms with Crippen molar-refractivity contribution in [2.24, 2.45) is 5.92 Å². The first-order valence-electron chi connectivity index (χ1n) is 8.75. The SMILES string of the molecule is CCCNC(C)c1ccnc(N2CCCC3CCCC32)c1. The fraction of sp³-hybridized carbons (Fsp3) is 0.722. The van der Waals surface area contributed by atoms with Crippen LogP contribution < -0.4 is 10.2 Å². The van der Waals surface area contributed by atoms with E-state index in [1.165, 1.54) is 56.5 Å². The largest absolute Gasteiger partial charge is 0.353 e. The molecule has 116 valence electrons. The number of piperidine rings is 1. The van der Waals surface area contributed by atoms with E-state index < -0.39 is 0 Å². The first-order chi connectivity index (χ1) is 10.3. The van der Waals surface area contributed by atoms with Gasteiger partial charge in [0.1, 0.15) is 5.82 Å². The van der Waals surface area contributed by atoms with E-state index in [-0.39, 0.29) is 0 Å². The average Bonchev–Trinajstić information content (AvgIpc) is 3.01. The van der Waals surface area contributed by atoms with E-state index in [0.717, 1.165) is 18.5 Å². The zero-order chi connectivity index (χ0) is 14.7. The summed E-state index contributed by atoms with van der Waals surface area (Å²) in [4.78, 5) is 7.28. The molecule has 2 aliphatic rings. The summed E-state index contributed by atoms with van der Waals surface area (Å²) in [6.45, 7) is 6.73. The van der Waals surface area contributed by atoms with E-state index in [1.54, 1.807) is 0 Å². The van der Waals surface area contributed by atoms with Crippen LogP contribution in [0.1, 0.15) is 64.0 Å². The number of rotatable bonds is 5. The summed E-state index contributed by atoms with van der Waals surface area (Å²) in [7, 11) is 0. The highest BCUT2D eigenvalue weighted by molar-refractivity contribution is 5.44. The van der Waals surface area contributed by atoms with Crippen molar-refractivity contribution in [3.05, 3.63) is 23.9 Å². The molecule has 1 saturated heterocycles. The van der Waals surface area contributed by atoms with E-state index in [2.05, 4.69) is 41.2 Å². The minimum Gasteiger partial charge on any atom is -0.353 e. The lowest BCUT2D eigenvalue weighted by Gasteiger charge is -2.39. The summed E-state index contributed by atoms with van der Waals surface area (Å²) >= 11 is 0. The Hall–Kier alpha value is -1.09. The number of hydrogen-bond donors (Lipinski definition) is 1. The third-order valence-corrected chi connectivity index (χ3v) is 5.26. The molecule has 0 amide bonds. The van der Waals surface area contributed by atoms with E-state index in [4.69, 9.17) is 0 Å². The van der Waals surface area contributed by atoms with Crippen LogP contribution in [0.3, 0.4) is 0 Å². The molecule has 1 aliphatic heterocycles. The summed E-state index contributed by atoms with van der Waals surface area (Å²) in [6.07, 6.45) is 10.1. The van der Waals surface area contributed by atoms with Crippen molar-refractivity contribution in [2.75, 3.05) is 18.0 Å². The van der Waals surface area contributed by atoms with Crippen molar-refractivity contribution in [3.8, 4) is 0 Å². The fourth-order valence-corrected chi connectivity index (χ4v) is 4.08. The fourth-order valence-electron chi connectivity index (χ4n) is 4.08. The summed E-state index contributed by atoms with van der Waals surface area (Å²) in [5, 5.41) is 3.58. The molecule has 1 aliphatic carbocycles. The molecule has 3 atom stereocenters. The van der Waals surface area contributed by atoms with Gasteiger partial charge in [-0.3, -0.25) is 0 Å². The summed E-state index contributed by atoms with van der Waals surface area (Å²) in [5.41, 5.74) is 1.37. The Kier molecular flexibility index (Phi) is 4.79. The molecule has 3 unspecified atom stereocenters. The number of anilines is 1. The van der Waals surface area contributed by atoms with E-state index in [1.807, 2.05) is 6.20 Å².